The molecule has 0 saturated carbocycles. The summed E-state index contributed by atoms with van der Waals surface area (Å²) in [4.78, 5) is 13.5. The van der Waals surface area contributed by atoms with Crippen LogP contribution in [0.1, 0.15) is 20.8 Å². The van der Waals surface area contributed by atoms with Crippen molar-refractivity contribution in [1.29, 1.82) is 0 Å². The number of carbonyl (C=O) groups is 1. The first-order chi connectivity index (χ1) is 15.6. The molecule has 3 rings (SSSR count). The topological polar surface area (TPSA) is 96.4 Å². The van der Waals surface area contributed by atoms with Crippen LogP contribution in [0.3, 0.4) is 0 Å². The predicted octanol–water partition coefficient (Wildman–Crippen LogP) is 2.61. The van der Waals surface area contributed by atoms with Crippen molar-refractivity contribution in [3.63, 3.8) is 0 Å². The van der Waals surface area contributed by atoms with Gasteiger partial charge in [-0.2, -0.15) is 4.31 Å². The van der Waals surface area contributed by atoms with Gasteiger partial charge in [-0.3, -0.25) is 4.79 Å². The van der Waals surface area contributed by atoms with Gasteiger partial charge in [-0.1, -0.05) is 31.2 Å². The third-order valence-electron chi connectivity index (χ3n) is 6.08. The van der Waals surface area contributed by atoms with E-state index in [1.165, 1.54) is 17.3 Å². The Morgan fingerprint density at radius 3 is 2.64 bits per heavy atom. The first-order valence-electron chi connectivity index (χ1n) is 10.9. The van der Waals surface area contributed by atoms with Gasteiger partial charge in [0, 0.05) is 38.0 Å². The van der Waals surface area contributed by atoms with Crippen LogP contribution in [0.2, 0.25) is 0 Å². The van der Waals surface area contributed by atoms with Gasteiger partial charge in [0.15, 0.2) is 0 Å². The monoisotopic (exact) mass is 476 g/mol. The van der Waals surface area contributed by atoms with Crippen molar-refractivity contribution >= 4 is 15.9 Å². The molecule has 0 aliphatic carbocycles. The highest BCUT2D eigenvalue weighted by atomic mass is 32.2. The molecule has 8 nitrogen and oxygen atoms in total. The molecule has 2 aromatic carbocycles. The van der Waals surface area contributed by atoms with Crippen LogP contribution in [-0.4, -0.2) is 74.6 Å². The molecule has 0 radical (unpaired) electrons. The van der Waals surface area contributed by atoms with Gasteiger partial charge in [0.05, 0.1) is 20.3 Å². The van der Waals surface area contributed by atoms with E-state index in [0.717, 1.165) is 11.1 Å². The number of fused-ring (bicyclic) bond motifs is 1. The second-order valence-electron chi connectivity index (χ2n) is 8.50. The van der Waals surface area contributed by atoms with E-state index in [1.807, 2.05) is 31.2 Å². The number of aliphatic hydroxyl groups excluding tert-OH is 1. The number of para-hydroxylation sites is 1. The standard InChI is InChI=1S/C24H32N2O6S/c1-16-13-26(17(2)15-27)33(29,30)24-11-10-19(20-8-6-7-9-21(20)31-5)12-22(24)32-23(16)14-25(4)18(3)28/h6-12,16-17,23,27H,13-15H2,1-5H3/t16-,17+,23+/m0/s1. The summed E-state index contributed by atoms with van der Waals surface area (Å²) in [5.41, 5.74) is 1.55. The molecule has 0 aromatic heterocycles. The lowest BCUT2D eigenvalue weighted by Crippen LogP contribution is -2.50. The summed E-state index contributed by atoms with van der Waals surface area (Å²) in [5.74, 6) is 0.521. The first-order valence-corrected chi connectivity index (χ1v) is 12.3. The van der Waals surface area contributed by atoms with Crippen LogP contribution in [0.25, 0.3) is 11.1 Å². The van der Waals surface area contributed by atoms with Crippen LogP contribution in [0.4, 0.5) is 0 Å². The minimum absolute atomic E-state index is 0.0313. The minimum Gasteiger partial charge on any atom is -0.496 e. The van der Waals surface area contributed by atoms with Crippen LogP contribution >= 0.6 is 0 Å². The van der Waals surface area contributed by atoms with Crippen LogP contribution in [0, 0.1) is 5.92 Å². The van der Waals surface area contributed by atoms with Crippen LogP contribution in [0.15, 0.2) is 47.4 Å². The summed E-state index contributed by atoms with van der Waals surface area (Å²) in [5, 5.41) is 9.75. The Labute approximate surface area is 195 Å². The van der Waals surface area contributed by atoms with Crippen LogP contribution in [0.5, 0.6) is 11.5 Å². The average Bonchev–Trinajstić information content (AvgIpc) is 2.80. The van der Waals surface area contributed by atoms with Crippen molar-refractivity contribution in [2.45, 2.75) is 37.8 Å². The summed E-state index contributed by atoms with van der Waals surface area (Å²) in [7, 11) is -0.664. The number of benzene rings is 2. The maximum absolute atomic E-state index is 13.6. The lowest BCUT2D eigenvalue weighted by Gasteiger charge is -2.37. The second kappa shape index (κ2) is 10.1. The highest BCUT2D eigenvalue weighted by Crippen LogP contribution is 2.38. The van der Waals surface area contributed by atoms with Crippen molar-refractivity contribution in [3.05, 3.63) is 42.5 Å². The van der Waals surface area contributed by atoms with Crippen molar-refractivity contribution in [2.75, 3.05) is 33.9 Å². The molecule has 180 valence electrons. The Morgan fingerprint density at radius 2 is 2.00 bits per heavy atom. The van der Waals surface area contributed by atoms with E-state index in [0.29, 0.717) is 12.3 Å². The van der Waals surface area contributed by atoms with E-state index >= 15 is 0 Å². The zero-order valence-corrected chi connectivity index (χ0v) is 20.5. The third-order valence-corrected chi connectivity index (χ3v) is 8.10. The number of rotatable bonds is 6. The van der Waals surface area contributed by atoms with E-state index in [1.54, 1.807) is 38.1 Å². The lowest BCUT2D eigenvalue weighted by molar-refractivity contribution is -0.129. The number of methoxy groups -OCH3 is 1. The average molecular weight is 477 g/mol. The molecule has 33 heavy (non-hydrogen) atoms. The Bertz CT molecular complexity index is 1100. The van der Waals surface area contributed by atoms with Gasteiger partial charge in [0.25, 0.3) is 0 Å². The van der Waals surface area contributed by atoms with Crippen LogP contribution < -0.4 is 9.47 Å². The Kier molecular flexibility index (Phi) is 7.66. The summed E-state index contributed by atoms with van der Waals surface area (Å²) >= 11 is 0. The fourth-order valence-electron chi connectivity index (χ4n) is 3.89. The number of amides is 1. The number of sulfonamides is 1. The van der Waals surface area contributed by atoms with E-state index in [9.17, 15) is 18.3 Å². The molecule has 1 amide bonds. The molecule has 1 aliphatic heterocycles. The number of nitrogens with zero attached hydrogens (tertiary/aromatic N) is 2. The van der Waals surface area contributed by atoms with Crippen molar-refractivity contribution < 1.29 is 27.8 Å². The van der Waals surface area contributed by atoms with E-state index in [2.05, 4.69) is 0 Å². The van der Waals surface area contributed by atoms with E-state index in [4.69, 9.17) is 9.47 Å². The van der Waals surface area contributed by atoms with E-state index in [-0.39, 0.29) is 35.6 Å². The summed E-state index contributed by atoms with van der Waals surface area (Å²) < 4.78 is 40.2. The van der Waals surface area contributed by atoms with Gasteiger partial charge in [-0.05, 0) is 30.7 Å². The number of hydrogen-bond donors (Lipinski definition) is 1. The van der Waals surface area contributed by atoms with Gasteiger partial charge >= 0.3 is 0 Å². The molecule has 0 unspecified atom stereocenters. The molecule has 0 bridgehead atoms. The third kappa shape index (κ3) is 5.15. The minimum atomic E-state index is -3.93. The molecule has 1 N–H and O–H groups in total. The molecule has 2 aromatic rings. The van der Waals surface area contributed by atoms with Gasteiger partial charge in [0.2, 0.25) is 15.9 Å². The van der Waals surface area contributed by atoms with Crippen molar-refractivity contribution in [1.82, 2.24) is 9.21 Å². The fourth-order valence-corrected chi connectivity index (χ4v) is 5.72. The fraction of sp³-hybridized carbons (Fsp3) is 0.458. The quantitative estimate of drug-likeness (QED) is 0.689. The number of likely N-dealkylation sites (N-methyl/N-ethyl adjacent to an activating group) is 1. The smallest absolute Gasteiger partial charge is 0.247 e. The van der Waals surface area contributed by atoms with Crippen molar-refractivity contribution in [2.24, 2.45) is 5.92 Å². The molecule has 0 fully saturated rings. The van der Waals surface area contributed by atoms with Gasteiger partial charge < -0.3 is 19.5 Å². The Hall–Kier alpha value is -2.62. The Balaban J connectivity index is 2.17. The highest BCUT2D eigenvalue weighted by molar-refractivity contribution is 7.89. The zero-order chi connectivity index (χ0) is 24.3. The first kappa shape index (κ1) is 25.0. The van der Waals surface area contributed by atoms with Crippen LogP contribution in [-0.2, 0) is 14.8 Å². The molecule has 0 spiro atoms. The van der Waals surface area contributed by atoms with Gasteiger partial charge in [0.1, 0.15) is 22.5 Å². The predicted molar refractivity (Wildman–Crippen MR) is 126 cm³/mol. The number of ether oxygens (including phenoxy) is 2. The largest absolute Gasteiger partial charge is 0.496 e. The Morgan fingerprint density at radius 1 is 1.30 bits per heavy atom. The highest BCUT2D eigenvalue weighted by Gasteiger charge is 2.38. The maximum atomic E-state index is 13.6. The normalized spacial score (nSPS) is 21.2. The molecular weight excluding hydrogens is 444 g/mol. The molecule has 1 heterocycles. The lowest BCUT2D eigenvalue weighted by atomic mass is 10.0. The summed E-state index contributed by atoms with van der Waals surface area (Å²) in [6.45, 7) is 5.20. The van der Waals surface area contributed by atoms with Gasteiger partial charge in [-0.25, -0.2) is 8.42 Å². The molecule has 1 aliphatic rings. The number of aliphatic hydroxyl groups is 1. The molecule has 0 saturated heterocycles. The summed E-state index contributed by atoms with van der Waals surface area (Å²) in [6.07, 6.45) is -0.450. The molecule has 9 heteroatoms. The molecule has 3 atom stereocenters. The number of carbonyl (C=O) groups excluding carboxylic acids is 1. The second-order valence-corrected chi connectivity index (χ2v) is 10.4. The zero-order valence-electron chi connectivity index (χ0n) is 19.7. The number of hydrogen-bond acceptors (Lipinski definition) is 6. The maximum Gasteiger partial charge on any atom is 0.247 e. The summed E-state index contributed by atoms with van der Waals surface area (Å²) in [6, 6.07) is 11.8. The van der Waals surface area contributed by atoms with Gasteiger partial charge in [-0.15, -0.1) is 0 Å². The van der Waals surface area contributed by atoms with E-state index < -0.39 is 22.2 Å². The SMILES string of the molecule is COc1ccccc1-c1ccc2c(c1)O[C@H](CN(C)C(C)=O)[C@@H](C)CN([C@H](C)CO)S2(=O)=O. The van der Waals surface area contributed by atoms with Crippen molar-refractivity contribution in [3.8, 4) is 22.6 Å². The molecular formula is C24H32N2O6S.